The summed E-state index contributed by atoms with van der Waals surface area (Å²) in [7, 11) is 0. The molecule has 3 rings (SSSR count). The van der Waals surface area contributed by atoms with Crippen molar-refractivity contribution in [3.05, 3.63) is 63.5 Å². The Morgan fingerprint density at radius 3 is 2.52 bits per heavy atom. The molecule has 1 amide bonds. The lowest BCUT2D eigenvalue weighted by Crippen LogP contribution is -2.33. The van der Waals surface area contributed by atoms with Gasteiger partial charge in [0.15, 0.2) is 6.61 Å². The minimum Gasteiger partial charge on any atom is -0.468 e. The van der Waals surface area contributed by atoms with Crippen molar-refractivity contribution in [3.63, 3.8) is 0 Å². The molecule has 0 unspecified atom stereocenters. The van der Waals surface area contributed by atoms with E-state index >= 15 is 0 Å². The quantitative estimate of drug-likeness (QED) is 0.528. The van der Waals surface area contributed by atoms with Crippen LogP contribution in [0.5, 0.6) is 5.88 Å². The van der Waals surface area contributed by atoms with Gasteiger partial charge >= 0.3 is 6.18 Å². The van der Waals surface area contributed by atoms with E-state index in [1.54, 1.807) is 32.0 Å². The highest BCUT2D eigenvalue weighted by Gasteiger charge is 2.28. The number of alkyl halides is 3. The molecule has 1 aromatic carbocycles. The number of H-pyrrole nitrogens is 1. The first-order valence-corrected chi connectivity index (χ1v) is 10.1. The van der Waals surface area contributed by atoms with Crippen LogP contribution in [0.15, 0.2) is 47.4 Å². The van der Waals surface area contributed by atoms with Crippen molar-refractivity contribution in [1.29, 1.82) is 0 Å². The fraction of sp³-hybridized carbons (Fsp3) is 0.273. The topological polar surface area (TPSA) is 111 Å². The van der Waals surface area contributed by atoms with E-state index in [4.69, 9.17) is 17.3 Å². The maximum absolute atomic E-state index is 12.3. The van der Waals surface area contributed by atoms with E-state index in [-0.39, 0.29) is 17.4 Å². The van der Waals surface area contributed by atoms with Crippen molar-refractivity contribution in [2.45, 2.75) is 26.4 Å². The molecule has 2 aromatic heterocycles. The zero-order valence-electron chi connectivity index (χ0n) is 17.7. The number of nitrogens with one attached hydrogen (secondary N) is 1. The van der Waals surface area contributed by atoms with Crippen LogP contribution in [0, 0.1) is 5.41 Å². The van der Waals surface area contributed by atoms with Crippen LogP contribution in [0.2, 0.25) is 5.02 Å². The van der Waals surface area contributed by atoms with Crippen LogP contribution in [0.1, 0.15) is 19.4 Å². The van der Waals surface area contributed by atoms with Gasteiger partial charge in [-0.25, -0.2) is 9.97 Å². The summed E-state index contributed by atoms with van der Waals surface area (Å²) in [6, 6.07) is 9.01. The highest BCUT2D eigenvalue weighted by Crippen LogP contribution is 2.30. The highest BCUT2D eigenvalue weighted by atomic mass is 35.5. The number of carbonyl (C=O) groups excluding carboxylic acids is 1. The van der Waals surface area contributed by atoms with E-state index in [0.717, 1.165) is 5.56 Å². The number of ether oxygens (including phenoxy) is 1. The van der Waals surface area contributed by atoms with E-state index in [9.17, 15) is 22.8 Å². The summed E-state index contributed by atoms with van der Waals surface area (Å²) in [6.07, 6.45) is -2.88. The van der Waals surface area contributed by atoms with E-state index in [1.807, 2.05) is 0 Å². The fourth-order valence-electron chi connectivity index (χ4n) is 2.97. The summed E-state index contributed by atoms with van der Waals surface area (Å²) in [4.78, 5) is 34.8. The Balaban J connectivity index is 1.93. The van der Waals surface area contributed by atoms with Crippen molar-refractivity contribution in [2.75, 3.05) is 6.61 Å². The molecule has 33 heavy (non-hydrogen) atoms. The average molecular weight is 481 g/mol. The molecular formula is C22H20ClF3N4O3. The Bertz CT molecular complexity index is 1220. The second-order valence-electron chi connectivity index (χ2n) is 8.01. The van der Waals surface area contributed by atoms with E-state index < -0.39 is 29.7 Å². The molecule has 0 spiro atoms. The van der Waals surface area contributed by atoms with Gasteiger partial charge < -0.3 is 15.5 Å². The number of nitrogens with zero attached hydrogens (tertiary/aromatic N) is 2. The summed E-state index contributed by atoms with van der Waals surface area (Å²) < 4.78 is 41.5. The number of aromatic nitrogens is 3. The van der Waals surface area contributed by atoms with Gasteiger partial charge in [0.25, 0.3) is 5.56 Å². The summed E-state index contributed by atoms with van der Waals surface area (Å²) in [5.74, 6) is -0.490. The molecule has 3 N–H and O–H groups in total. The zero-order valence-corrected chi connectivity index (χ0v) is 18.4. The molecule has 3 aromatic rings. The first kappa shape index (κ1) is 24.2. The third-order valence-corrected chi connectivity index (χ3v) is 5.09. The monoisotopic (exact) mass is 480 g/mol. The number of amides is 1. The molecular weight excluding hydrogens is 461 g/mol. The Morgan fingerprint density at radius 2 is 1.91 bits per heavy atom. The van der Waals surface area contributed by atoms with Crippen LogP contribution in [-0.4, -0.2) is 33.6 Å². The first-order chi connectivity index (χ1) is 15.3. The standard InChI is InChI=1S/C22H20ClF3N4O3/c1-21(2,20(27)32)9-12-3-5-15(23)14(7-12)19-29-16(8-17(31)30-19)13-4-6-18(28-10-13)33-11-22(24,25)26/h3-8,10H,9,11H2,1-2H3,(H2,27,32)(H,29,30,31). The number of benzene rings is 1. The minimum atomic E-state index is -4.48. The third kappa shape index (κ3) is 6.32. The number of halogens is 4. The lowest BCUT2D eigenvalue weighted by Gasteiger charge is -2.20. The lowest BCUT2D eigenvalue weighted by molar-refractivity contribution is -0.154. The number of primary amides is 1. The average Bonchev–Trinajstić information content (AvgIpc) is 2.73. The summed E-state index contributed by atoms with van der Waals surface area (Å²) >= 11 is 6.33. The largest absolute Gasteiger partial charge is 0.468 e. The van der Waals surface area contributed by atoms with Crippen molar-refractivity contribution in [1.82, 2.24) is 15.0 Å². The van der Waals surface area contributed by atoms with Crippen LogP contribution >= 0.6 is 11.6 Å². The SMILES string of the molecule is CC(C)(Cc1ccc(Cl)c(-c2nc(-c3ccc(OCC(F)(F)F)nc3)cc(=O)[nH]2)c1)C(N)=O. The van der Waals surface area contributed by atoms with E-state index in [2.05, 4.69) is 19.7 Å². The molecule has 0 saturated heterocycles. The van der Waals surface area contributed by atoms with Crippen LogP contribution < -0.4 is 16.0 Å². The number of nitrogens with two attached hydrogens (primary N) is 1. The Labute approximate surface area is 191 Å². The predicted octanol–water partition coefficient (Wildman–Crippen LogP) is 4.15. The Kier molecular flexibility index (Phi) is 6.78. The molecule has 0 aliphatic carbocycles. The molecule has 174 valence electrons. The Hall–Kier alpha value is -3.40. The lowest BCUT2D eigenvalue weighted by atomic mass is 9.85. The van der Waals surface area contributed by atoms with Crippen LogP contribution in [0.4, 0.5) is 13.2 Å². The maximum atomic E-state index is 12.3. The third-order valence-electron chi connectivity index (χ3n) is 4.76. The van der Waals surface area contributed by atoms with Crippen molar-refractivity contribution < 1.29 is 22.7 Å². The molecule has 7 nitrogen and oxygen atoms in total. The van der Waals surface area contributed by atoms with Gasteiger partial charge in [0.1, 0.15) is 5.82 Å². The van der Waals surface area contributed by atoms with Gasteiger partial charge in [-0.05, 0) is 30.2 Å². The van der Waals surface area contributed by atoms with Crippen molar-refractivity contribution in [2.24, 2.45) is 11.1 Å². The van der Waals surface area contributed by atoms with Gasteiger partial charge in [0.05, 0.1) is 10.7 Å². The summed E-state index contributed by atoms with van der Waals surface area (Å²) in [5, 5.41) is 0.324. The molecule has 0 aliphatic rings. The minimum absolute atomic E-state index is 0.179. The molecule has 2 heterocycles. The molecule has 0 fully saturated rings. The van der Waals surface area contributed by atoms with Gasteiger partial charge in [-0.1, -0.05) is 31.5 Å². The van der Waals surface area contributed by atoms with Gasteiger partial charge in [0, 0.05) is 34.9 Å². The van der Waals surface area contributed by atoms with Gasteiger partial charge in [-0.15, -0.1) is 0 Å². The number of rotatable bonds is 7. The van der Waals surface area contributed by atoms with Gasteiger partial charge in [-0.2, -0.15) is 13.2 Å². The van der Waals surface area contributed by atoms with Crippen LogP contribution in [-0.2, 0) is 11.2 Å². The van der Waals surface area contributed by atoms with Gasteiger partial charge in [-0.3, -0.25) is 9.59 Å². The summed E-state index contributed by atoms with van der Waals surface area (Å²) in [5.41, 5.74) is 6.02. The van der Waals surface area contributed by atoms with Crippen LogP contribution in [0.25, 0.3) is 22.6 Å². The number of carbonyl (C=O) groups is 1. The zero-order chi connectivity index (χ0) is 24.4. The van der Waals surface area contributed by atoms with Gasteiger partial charge in [0.2, 0.25) is 11.8 Å². The molecule has 11 heteroatoms. The number of hydrogen-bond acceptors (Lipinski definition) is 5. The Morgan fingerprint density at radius 1 is 1.18 bits per heavy atom. The smallest absolute Gasteiger partial charge is 0.422 e. The van der Waals surface area contributed by atoms with Crippen molar-refractivity contribution >= 4 is 17.5 Å². The number of hydrogen-bond donors (Lipinski definition) is 2. The fourth-order valence-corrected chi connectivity index (χ4v) is 3.17. The number of aromatic amines is 1. The second kappa shape index (κ2) is 9.22. The predicted molar refractivity (Wildman–Crippen MR) is 117 cm³/mol. The normalized spacial score (nSPS) is 11.9. The van der Waals surface area contributed by atoms with Crippen LogP contribution in [0.3, 0.4) is 0 Å². The molecule has 0 saturated carbocycles. The first-order valence-electron chi connectivity index (χ1n) is 9.70. The number of pyridine rings is 1. The molecule has 0 aliphatic heterocycles. The van der Waals surface area contributed by atoms with E-state index in [0.29, 0.717) is 22.6 Å². The second-order valence-corrected chi connectivity index (χ2v) is 8.41. The molecule has 0 bridgehead atoms. The van der Waals surface area contributed by atoms with Crippen molar-refractivity contribution in [3.8, 4) is 28.5 Å². The van der Waals surface area contributed by atoms with E-state index in [1.165, 1.54) is 24.4 Å². The summed E-state index contributed by atoms with van der Waals surface area (Å²) in [6.45, 7) is 1.98. The maximum Gasteiger partial charge on any atom is 0.422 e. The molecule has 0 atom stereocenters. The molecule has 0 radical (unpaired) electrons. The highest BCUT2D eigenvalue weighted by molar-refractivity contribution is 6.33.